The largest absolute Gasteiger partial charge is 0.496 e. The summed E-state index contributed by atoms with van der Waals surface area (Å²) in [4.78, 5) is 20.7. The number of hydrogen-bond donors (Lipinski definition) is 1. The number of sulfonamides is 1. The molecule has 1 aromatic carbocycles. The van der Waals surface area contributed by atoms with Crippen LogP contribution in [0.1, 0.15) is 12.5 Å². The van der Waals surface area contributed by atoms with Crippen LogP contribution in [0.4, 0.5) is 5.82 Å². The maximum absolute atomic E-state index is 12.1. The van der Waals surface area contributed by atoms with Crippen molar-refractivity contribution in [2.45, 2.75) is 13.8 Å². The summed E-state index contributed by atoms with van der Waals surface area (Å²) in [6.07, 6.45) is 1.64. The number of nitrogens with zero attached hydrogens (tertiary/aromatic N) is 3. The summed E-state index contributed by atoms with van der Waals surface area (Å²) in [5.41, 5.74) is 2.58. The van der Waals surface area contributed by atoms with Crippen molar-refractivity contribution >= 4 is 15.8 Å². The van der Waals surface area contributed by atoms with Crippen molar-refractivity contribution in [3.05, 3.63) is 58.5 Å². The van der Waals surface area contributed by atoms with E-state index in [2.05, 4.69) is 14.7 Å². The van der Waals surface area contributed by atoms with Crippen molar-refractivity contribution in [3.8, 4) is 28.4 Å². The average Bonchev–Trinajstić information content (AvgIpc) is 2.69. The van der Waals surface area contributed by atoms with Crippen molar-refractivity contribution in [1.29, 1.82) is 0 Å². The highest BCUT2D eigenvalue weighted by atomic mass is 32.2. The van der Waals surface area contributed by atoms with E-state index in [0.29, 0.717) is 28.4 Å². The Bertz CT molecular complexity index is 1220. The number of rotatable bonds is 6. The zero-order valence-electron chi connectivity index (χ0n) is 16.6. The molecule has 2 heterocycles. The van der Waals surface area contributed by atoms with Crippen LogP contribution in [-0.4, -0.2) is 35.8 Å². The maximum atomic E-state index is 12.1. The van der Waals surface area contributed by atoms with Crippen LogP contribution in [0.5, 0.6) is 5.75 Å². The fourth-order valence-corrected chi connectivity index (χ4v) is 3.31. The zero-order chi connectivity index (χ0) is 21.2. The summed E-state index contributed by atoms with van der Waals surface area (Å²) in [7, 11) is -0.351. The summed E-state index contributed by atoms with van der Waals surface area (Å²) < 4.78 is 33.5. The molecular formula is C20H22N4O4S. The highest BCUT2D eigenvalue weighted by Crippen LogP contribution is 2.31. The van der Waals surface area contributed by atoms with Gasteiger partial charge in [0.15, 0.2) is 5.82 Å². The van der Waals surface area contributed by atoms with E-state index in [1.807, 2.05) is 25.1 Å². The van der Waals surface area contributed by atoms with Crippen molar-refractivity contribution in [3.63, 3.8) is 0 Å². The number of methoxy groups -OCH3 is 1. The van der Waals surface area contributed by atoms with E-state index in [0.717, 1.165) is 5.56 Å². The van der Waals surface area contributed by atoms with Crippen LogP contribution in [0.2, 0.25) is 0 Å². The molecule has 0 unspecified atom stereocenters. The number of pyridine rings is 1. The second-order valence-corrected chi connectivity index (χ2v) is 8.55. The first kappa shape index (κ1) is 20.5. The van der Waals surface area contributed by atoms with Crippen LogP contribution in [-0.2, 0) is 17.1 Å². The lowest BCUT2D eigenvalue weighted by Crippen LogP contribution is -2.16. The third kappa shape index (κ3) is 4.62. The number of ether oxygens (including phenoxy) is 1. The van der Waals surface area contributed by atoms with E-state index in [-0.39, 0.29) is 17.1 Å². The molecule has 0 amide bonds. The van der Waals surface area contributed by atoms with Gasteiger partial charge in [0.05, 0.1) is 24.1 Å². The number of aryl methyl sites for hydroxylation is 2. The van der Waals surface area contributed by atoms with Crippen LogP contribution in [0.3, 0.4) is 0 Å². The van der Waals surface area contributed by atoms with E-state index in [9.17, 15) is 13.2 Å². The SMILES string of the molecule is CCS(=O)(=O)Nc1cc(-c2ccc(=O)n(C)c2)nc(-c2cc(C)ccc2OC)n1. The quantitative estimate of drug-likeness (QED) is 0.665. The van der Waals surface area contributed by atoms with E-state index < -0.39 is 10.0 Å². The first-order valence-electron chi connectivity index (χ1n) is 8.94. The monoisotopic (exact) mass is 414 g/mol. The van der Waals surface area contributed by atoms with Crippen molar-refractivity contribution in [2.24, 2.45) is 7.05 Å². The molecule has 0 radical (unpaired) electrons. The minimum Gasteiger partial charge on any atom is -0.496 e. The Kier molecular flexibility index (Phi) is 5.69. The minimum absolute atomic E-state index is 0.0880. The van der Waals surface area contributed by atoms with Gasteiger partial charge in [-0.2, -0.15) is 0 Å². The Morgan fingerprint density at radius 1 is 1.14 bits per heavy atom. The van der Waals surface area contributed by atoms with Crippen LogP contribution in [0.25, 0.3) is 22.6 Å². The van der Waals surface area contributed by atoms with Gasteiger partial charge in [-0.3, -0.25) is 9.52 Å². The molecule has 3 aromatic rings. The number of nitrogens with one attached hydrogen (secondary N) is 1. The smallest absolute Gasteiger partial charge is 0.250 e. The number of benzene rings is 1. The van der Waals surface area contributed by atoms with Crippen LogP contribution in [0.15, 0.2) is 47.4 Å². The van der Waals surface area contributed by atoms with E-state index in [1.54, 1.807) is 39.4 Å². The van der Waals surface area contributed by atoms with Crippen molar-refractivity contribution in [1.82, 2.24) is 14.5 Å². The van der Waals surface area contributed by atoms with Gasteiger partial charge in [-0.1, -0.05) is 11.6 Å². The third-order valence-electron chi connectivity index (χ3n) is 4.34. The highest BCUT2D eigenvalue weighted by Gasteiger charge is 2.16. The second kappa shape index (κ2) is 8.04. The van der Waals surface area contributed by atoms with Crippen LogP contribution >= 0.6 is 0 Å². The van der Waals surface area contributed by atoms with Gasteiger partial charge in [-0.05, 0) is 32.0 Å². The first-order chi connectivity index (χ1) is 13.7. The molecule has 152 valence electrons. The van der Waals surface area contributed by atoms with E-state index in [1.165, 1.54) is 10.6 Å². The lowest BCUT2D eigenvalue weighted by atomic mass is 10.1. The Labute approximate surface area is 169 Å². The summed E-state index contributed by atoms with van der Waals surface area (Å²) in [5.74, 6) is 0.933. The molecule has 2 aromatic heterocycles. The Morgan fingerprint density at radius 2 is 1.90 bits per heavy atom. The summed E-state index contributed by atoms with van der Waals surface area (Å²) in [6, 6.07) is 10.2. The standard InChI is InChI=1S/C20H22N4O4S/c1-5-29(26,27)23-18-11-16(14-7-9-19(25)24(3)12-14)21-20(22-18)15-10-13(2)6-8-17(15)28-4/h6-12H,5H2,1-4H3,(H,21,22,23). The van der Waals surface area contributed by atoms with Gasteiger partial charge in [0.2, 0.25) is 15.6 Å². The molecular weight excluding hydrogens is 392 g/mol. The molecule has 0 aliphatic heterocycles. The summed E-state index contributed by atoms with van der Waals surface area (Å²) in [6.45, 7) is 3.47. The fraction of sp³-hybridized carbons (Fsp3) is 0.250. The molecule has 0 aliphatic rings. The van der Waals surface area contributed by atoms with E-state index >= 15 is 0 Å². The Hall–Kier alpha value is -3.20. The Morgan fingerprint density at radius 3 is 2.55 bits per heavy atom. The number of hydrogen-bond acceptors (Lipinski definition) is 6. The predicted octanol–water partition coefficient (Wildman–Crippen LogP) is 2.59. The average molecular weight is 414 g/mol. The molecule has 0 saturated heterocycles. The van der Waals surface area contributed by atoms with Gasteiger partial charge >= 0.3 is 0 Å². The summed E-state index contributed by atoms with van der Waals surface area (Å²) in [5, 5.41) is 0. The molecule has 9 heteroatoms. The molecule has 0 bridgehead atoms. The molecule has 0 spiro atoms. The van der Waals surface area contributed by atoms with E-state index in [4.69, 9.17) is 4.74 Å². The molecule has 0 fully saturated rings. The maximum Gasteiger partial charge on any atom is 0.250 e. The Balaban J connectivity index is 2.24. The molecule has 29 heavy (non-hydrogen) atoms. The first-order valence-corrected chi connectivity index (χ1v) is 10.6. The number of aromatic nitrogens is 3. The van der Waals surface area contributed by atoms with Gasteiger partial charge in [0.1, 0.15) is 11.6 Å². The third-order valence-corrected chi connectivity index (χ3v) is 5.62. The molecule has 0 atom stereocenters. The molecule has 3 rings (SSSR count). The van der Waals surface area contributed by atoms with Crippen molar-refractivity contribution < 1.29 is 13.2 Å². The van der Waals surface area contributed by atoms with Crippen LogP contribution in [0, 0.1) is 6.92 Å². The topological polar surface area (TPSA) is 103 Å². The van der Waals surface area contributed by atoms with Gasteiger partial charge in [0.25, 0.3) is 0 Å². The van der Waals surface area contributed by atoms with Gasteiger partial charge in [-0.15, -0.1) is 0 Å². The normalized spacial score (nSPS) is 11.3. The molecule has 0 aliphatic carbocycles. The highest BCUT2D eigenvalue weighted by molar-refractivity contribution is 7.92. The lowest BCUT2D eigenvalue weighted by molar-refractivity contribution is 0.416. The van der Waals surface area contributed by atoms with Crippen LogP contribution < -0.4 is 15.0 Å². The van der Waals surface area contributed by atoms with Gasteiger partial charge in [0, 0.05) is 30.9 Å². The predicted molar refractivity (Wildman–Crippen MR) is 113 cm³/mol. The molecule has 0 saturated carbocycles. The zero-order valence-corrected chi connectivity index (χ0v) is 17.4. The van der Waals surface area contributed by atoms with Gasteiger partial charge < -0.3 is 9.30 Å². The molecule has 1 N–H and O–H groups in total. The fourth-order valence-electron chi connectivity index (χ4n) is 2.74. The minimum atomic E-state index is -3.54. The second-order valence-electron chi connectivity index (χ2n) is 6.54. The lowest BCUT2D eigenvalue weighted by Gasteiger charge is -2.13. The summed E-state index contributed by atoms with van der Waals surface area (Å²) >= 11 is 0. The van der Waals surface area contributed by atoms with Crippen molar-refractivity contribution in [2.75, 3.05) is 17.6 Å². The molecule has 8 nitrogen and oxygen atoms in total. The number of anilines is 1. The van der Waals surface area contributed by atoms with Gasteiger partial charge in [-0.25, -0.2) is 18.4 Å².